The molecule has 2 aromatic rings. The first-order valence-corrected chi connectivity index (χ1v) is 6.65. The largest absolute Gasteiger partial charge is 0.488 e. The van der Waals surface area contributed by atoms with Gasteiger partial charge in [-0.05, 0) is 25.5 Å². The van der Waals surface area contributed by atoms with Crippen molar-refractivity contribution in [2.24, 2.45) is 5.73 Å². The van der Waals surface area contributed by atoms with Crippen molar-refractivity contribution in [3.05, 3.63) is 46.8 Å². The summed E-state index contributed by atoms with van der Waals surface area (Å²) in [6, 6.07) is 6.35. The summed E-state index contributed by atoms with van der Waals surface area (Å²) in [6.07, 6.45) is 3.14. The number of aromatic nitrogens is 2. The van der Waals surface area contributed by atoms with Crippen molar-refractivity contribution in [2.45, 2.75) is 39.5 Å². The first-order chi connectivity index (χ1) is 9.15. The van der Waals surface area contributed by atoms with Crippen molar-refractivity contribution in [3.8, 4) is 5.75 Å². The van der Waals surface area contributed by atoms with Crippen molar-refractivity contribution < 1.29 is 4.74 Å². The molecule has 19 heavy (non-hydrogen) atoms. The van der Waals surface area contributed by atoms with Gasteiger partial charge in [0.05, 0.1) is 12.2 Å². The van der Waals surface area contributed by atoms with Crippen LogP contribution >= 0.6 is 0 Å². The lowest BCUT2D eigenvalue weighted by Gasteiger charge is -2.10. The number of hydrogen-bond acceptors (Lipinski definition) is 3. The van der Waals surface area contributed by atoms with Gasteiger partial charge in [-0.15, -0.1) is 0 Å². The summed E-state index contributed by atoms with van der Waals surface area (Å²) >= 11 is 0. The van der Waals surface area contributed by atoms with Crippen molar-refractivity contribution in [2.75, 3.05) is 0 Å². The van der Waals surface area contributed by atoms with E-state index in [2.05, 4.69) is 30.2 Å². The Kier molecular flexibility index (Phi) is 3.03. The fourth-order valence-corrected chi connectivity index (χ4v) is 2.61. The van der Waals surface area contributed by atoms with Crippen LogP contribution in [0.15, 0.2) is 24.4 Å². The van der Waals surface area contributed by atoms with Gasteiger partial charge in [-0.1, -0.05) is 17.7 Å². The lowest BCUT2D eigenvalue weighted by Crippen LogP contribution is -2.21. The van der Waals surface area contributed by atoms with Crippen molar-refractivity contribution >= 4 is 0 Å². The molecule has 1 unspecified atom stereocenters. The van der Waals surface area contributed by atoms with Crippen molar-refractivity contribution in [1.82, 2.24) is 9.78 Å². The third-order valence-electron chi connectivity index (χ3n) is 3.62. The highest BCUT2D eigenvalue weighted by molar-refractivity contribution is 5.40. The molecule has 0 saturated carbocycles. The van der Waals surface area contributed by atoms with Gasteiger partial charge in [0.25, 0.3) is 0 Å². The van der Waals surface area contributed by atoms with Crippen LogP contribution in [0.1, 0.15) is 22.4 Å². The lowest BCUT2D eigenvalue weighted by molar-refractivity contribution is 0.203. The van der Waals surface area contributed by atoms with Gasteiger partial charge in [0.2, 0.25) is 0 Å². The molecular formula is C15H19N3O. The molecule has 0 aliphatic carbocycles. The number of hydrogen-bond donors (Lipinski definition) is 1. The van der Waals surface area contributed by atoms with Gasteiger partial charge in [0.1, 0.15) is 11.9 Å². The zero-order valence-corrected chi connectivity index (χ0v) is 11.4. The molecule has 1 aliphatic rings. The zero-order chi connectivity index (χ0) is 13.4. The minimum atomic E-state index is 0.168. The number of rotatable bonds is 3. The highest BCUT2D eigenvalue weighted by atomic mass is 16.5. The van der Waals surface area contributed by atoms with Crippen LogP contribution in [0.2, 0.25) is 0 Å². The number of benzene rings is 1. The van der Waals surface area contributed by atoms with E-state index in [0.717, 1.165) is 30.0 Å². The predicted molar refractivity (Wildman–Crippen MR) is 74.2 cm³/mol. The molecule has 0 spiro atoms. The van der Waals surface area contributed by atoms with Gasteiger partial charge in [0, 0.05) is 24.7 Å². The number of nitrogens with two attached hydrogens (primary N) is 1. The van der Waals surface area contributed by atoms with E-state index >= 15 is 0 Å². The summed E-state index contributed by atoms with van der Waals surface area (Å²) in [7, 11) is 0. The molecule has 4 nitrogen and oxygen atoms in total. The van der Waals surface area contributed by atoms with Crippen molar-refractivity contribution in [3.63, 3.8) is 0 Å². The third kappa shape index (κ3) is 2.36. The molecule has 0 saturated heterocycles. The molecule has 0 bridgehead atoms. The fraction of sp³-hybridized carbons (Fsp3) is 0.400. The van der Waals surface area contributed by atoms with Crippen LogP contribution < -0.4 is 10.5 Å². The van der Waals surface area contributed by atoms with E-state index in [1.165, 1.54) is 11.1 Å². The molecule has 1 aromatic carbocycles. The second kappa shape index (κ2) is 4.70. The standard InChI is InChI=1S/C15H19N3O/c1-10-3-4-15-12(5-10)6-14(19-15)9-18-8-13(7-16)11(2)17-18/h3-5,8,14H,6-7,9,16H2,1-2H3. The Bertz CT molecular complexity index is 603. The molecule has 2 heterocycles. The zero-order valence-electron chi connectivity index (χ0n) is 11.4. The summed E-state index contributed by atoms with van der Waals surface area (Å²) in [5, 5.41) is 4.48. The van der Waals surface area contributed by atoms with Gasteiger partial charge in [-0.3, -0.25) is 4.68 Å². The van der Waals surface area contributed by atoms with Gasteiger partial charge >= 0.3 is 0 Å². The second-order valence-corrected chi connectivity index (χ2v) is 5.22. The van der Waals surface area contributed by atoms with Crippen LogP contribution in [0.25, 0.3) is 0 Å². The molecule has 1 aliphatic heterocycles. The van der Waals surface area contributed by atoms with E-state index in [-0.39, 0.29) is 6.10 Å². The maximum atomic E-state index is 5.96. The average Bonchev–Trinajstić information content (AvgIpc) is 2.91. The topological polar surface area (TPSA) is 53.1 Å². The number of nitrogens with zero attached hydrogens (tertiary/aromatic N) is 2. The fourth-order valence-electron chi connectivity index (χ4n) is 2.61. The van der Waals surface area contributed by atoms with E-state index < -0.39 is 0 Å². The quantitative estimate of drug-likeness (QED) is 0.914. The van der Waals surface area contributed by atoms with Crippen LogP contribution in [0.5, 0.6) is 5.75 Å². The van der Waals surface area contributed by atoms with Gasteiger partial charge in [-0.25, -0.2) is 0 Å². The SMILES string of the molecule is Cc1ccc2c(c1)CC(Cn1cc(CN)c(C)n1)O2. The highest BCUT2D eigenvalue weighted by Gasteiger charge is 2.23. The second-order valence-electron chi connectivity index (χ2n) is 5.22. The Morgan fingerprint density at radius 1 is 1.42 bits per heavy atom. The Balaban J connectivity index is 1.73. The number of ether oxygens (including phenoxy) is 1. The summed E-state index contributed by atoms with van der Waals surface area (Å²) in [6.45, 7) is 5.41. The third-order valence-corrected chi connectivity index (χ3v) is 3.62. The number of aryl methyl sites for hydroxylation is 2. The van der Waals surface area contributed by atoms with Gasteiger partial charge in [0.15, 0.2) is 0 Å². The Labute approximate surface area is 113 Å². The van der Waals surface area contributed by atoms with Crippen LogP contribution in [-0.4, -0.2) is 15.9 Å². The Morgan fingerprint density at radius 3 is 3.00 bits per heavy atom. The summed E-state index contributed by atoms with van der Waals surface area (Å²) in [5.74, 6) is 1.01. The molecular weight excluding hydrogens is 238 g/mol. The van der Waals surface area contributed by atoms with E-state index in [1.807, 2.05) is 17.8 Å². The molecule has 4 heteroatoms. The van der Waals surface area contributed by atoms with E-state index in [0.29, 0.717) is 6.54 Å². The maximum absolute atomic E-state index is 5.96. The normalized spacial score (nSPS) is 17.3. The van der Waals surface area contributed by atoms with E-state index in [9.17, 15) is 0 Å². The molecule has 1 aromatic heterocycles. The first-order valence-electron chi connectivity index (χ1n) is 6.65. The molecule has 0 fully saturated rings. The lowest BCUT2D eigenvalue weighted by atomic mass is 10.1. The predicted octanol–water partition coefficient (Wildman–Crippen LogP) is 1.96. The molecule has 0 amide bonds. The van der Waals surface area contributed by atoms with Crippen molar-refractivity contribution in [1.29, 1.82) is 0 Å². The number of fused-ring (bicyclic) bond motifs is 1. The minimum Gasteiger partial charge on any atom is -0.488 e. The van der Waals surface area contributed by atoms with Crippen LogP contribution in [0, 0.1) is 13.8 Å². The molecule has 3 rings (SSSR count). The summed E-state index contributed by atoms with van der Waals surface area (Å²) in [4.78, 5) is 0. The molecule has 2 N–H and O–H groups in total. The van der Waals surface area contributed by atoms with E-state index in [4.69, 9.17) is 10.5 Å². The Hall–Kier alpha value is -1.81. The maximum Gasteiger partial charge on any atom is 0.123 e. The summed E-state index contributed by atoms with van der Waals surface area (Å²) in [5.41, 5.74) is 10.4. The molecule has 100 valence electrons. The molecule has 1 atom stereocenters. The molecule has 0 radical (unpaired) electrons. The first kappa shape index (κ1) is 12.2. The van der Waals surface area contributed by atoms with Crippen LogP contribution in [-0.2, 0) is 19.5 Å². The monoisotopic (exact) mass is 257 g/mol. The van der Waals surface area contributed by atoms with Crippen LogP contribution in [0.4, 0.5) is 0 Å². The average molecular weight is 257 g/mol. The van der Waals surface area contributed by atoms with Gasteiger partial charge < -0.3 is 10.5 Å². The van der Waals surface area contributed by atoms with Gasteiger partial charge in [-0.2, -0.15) is 5.10 Å². The minimum absolute atomic E-state index is 0.168. The smallest absolute Gasteiger partial charge is 0.123 e. The van der Waals surface area contributed by atoms with Crippen LogP contribution in [0.3, 0.4) is 0 Å². The highest BCUT2D eigenvalue weighted by Crippen LogP contribution is 2.30. The van der Waals surface area contributed by atoms with E-state index in [1.54, 1.807) is 0 Å². The Morgan fingerprint density at radius 2 is 2.26 bits per heavy atom. The summed E-state index contributed by atoms with van der Waals surface area (Å²) < 4.78 is 7.90.